The SMILES string of the molecule is COc1ccc(S(=O)(=O)Nc2noc3cc(Cn4cccn4)cc(OC)c23)cc1C. The van der Waals surface area contributed by atoms with Gasteiger partial charge < -0.3 is 14.0 Å². The number of anilines is 1. The van der Waals surface area contributed by atoms with Gasteiger partial charge in [-0.3, -0.25) is 9.40 Å². The first-order valence-electron chi connectivity index (χ1n) is 9.02. The van der Waals surface area contributed by atoms with Crippen molar-refractivity contribution in [1.29, 1.82) is 0 Å². The van der Waals surface area contributed by atoms with Crippen molar-refractivity contribution in [2.24, 2.45) is 0 Å². The first-order chi connectivity index (χ1) is 14.4. The molecular weight excluding hydrogens is 408 g/mol. The number of rotatable bonds is 7. The summed E-state index contributed by atoms with van der Waals surface area (Å²) in [4.78, 5) is 0.0891. The van der Waals surface area contributed by atoms with E-state index in [1.807, 2.05) is 12.3 Å². The number of methoxy groups -OCH3 is 2. The van der Waals surface area contributed by atoms with Crippen molar-refractivity contribution in [2.75, 3.05) is 18.9 Å². The summed E-state index contributed by atoms with van der Waals surface area (Å²) in [6.07, 6.45) is 3.53. The van der Waals surface area contributed by atoms with Crippen LogP contribution in [0.2, 0.25) is 0 Å². The molecule has 0 aliphatic rings. The van der Waals surface area contributed by atoms with Crippen LogP contribution in [0.5, 0.6) is 11.5 Å². The first kappa shape index (κ1) is 19.8. The van der Waals surface area contributed by atoms with Crippen molar-refractivity contribution in [3.63, 3.8) is 0 Å². The Bertz CT molecular complexity index is 1300. The minimum atomic E-state index is -3.90. The maximum absolute atomic E-state index is 12.9. The van der Waals surface area contributed by atoms with E-state index in [0.717, 1.165) is 5.56 Å². The average molecular weight is 428 g/mol. The highest BCUT2D eigenvalue weighted by Gasteiger charge is 2.22. The van der Waals surface area contributed by atoms with E-state index in [4.69, 9.17) is 14.0 Å². The smallest absolute Gasteiger partial charge is 0.263 e. The molecule has 156 valence electrons. The molecule has 4 aromatic rings. The van der Waals surface area contributed by atoms with Crippen LogP contribution in [0.1, 0.15) is 11.1 Å². The van der Waals surface area contributed by atoms with E-state index in [0.29, 0.717) is 34.6 Å². The molecule has 2 aromatic heterocycles. The molecule has 30 heavy (non-hydrogen) atoms. The van der Waals surface area contributed by atoms with Gasteiger partial charge in [-0.2, -0.15) is 5.10 Å². The van der Waals surface area contributed by atoms with Crippen molar-refractivity contribution >= 4 is 26.8 Å². The van der Waals surface area contributed by atoms with Crippen LogP contribution in [0.15, 0.2) is 58.2 Å². The highest BCUT2D eigenvalue weighted by Crippen LogP contribution is 2.35. The second-order valence-corrected chi connectivity index (χ2v) is 8.33. The summed E-state index contributed by atoms with van der Waals surface area (Å²) in [5, 5.41) is 8.54. The van der Waals surface area contributed by atoms with Gasteiger partial charge in [-0.25, -0.2) is 8.42 Å². The molecule has 0 atom stereocenters. The van der Waals surface area contributed by atoms with Gasteiger partial charge in [0.15, 0.2) is 11.4 Å². The number of nitrogens with zero attached hydrogens (tertiary/aromatic N) is 3. The summed E-state index contributed by atoms with van der Waals surface area (Å²) >= 11 is 0. The zero-order valence-electron chi connectivity index (χ0n) is 16.6. The van der Waals surface area contributed by atoms with Gasteiger partial charge in [-0.05, 0) is 54.4 Å². The Labute approximate surface area is 173 Å². The van der Waals surface area contributed by atoms with Gasteiger partial charge in [0.25, 0.3) is 10.0 Å². The van der Waals surface area contributed by atoms with E-state index in [1.165, 1.54) is 26.4 Å². The lowest BCUT2D eigenvalue weighted by atomic mass is 10.1. The van der Waals surface area contributed by atoms with Gasteiger partial charge in [0.05, 0.1) is 25.7 Å². The number of nitrogens with one attached hydrogen (secondary N) is 1. The van der Waals surface area contributed by atoms with Crippen LogP contribution >= 0.6 is 0 Å². The highest BCUT2D eigenvalue weighted by atomic mass is 32.2. The Morgan fingerprint density at radius 2 is 1.93 bits per heavy atom. The Kier molecular flexibility index (Phi) is 5.08. The molecule has 4 rings (SSSR count). The monoisotopic (exact) mass is 428 g/mol. The number of hydrogen-bond acceptors (Lipinski definition) is 7. The summed E-state index contributed by atoms with van der Waals surface area (Å²) in [5.41, 5.74) is 1.98. The van der Waals surface area contributed by atoms with Crippen LogP contribution < -0.4 is 14.2 Å². The molecule has 0 saturated carbocycles. The summed E-state index contributed by atoms with van der Waals surface area (Å²) in [6.45, 7) is 2.28. The van der Waals surface area contributed by atoms with Crippen LogP contribution in [0.4, 0.5) is 5.82 Å². The van der Waals surface area contributed by atoms with Gasteiger partial charge >= 0.3 is 0 Å². The minimum absolute atomic E-state index is 0.0564. The fourth-order valence-corrected chi connectivity index (χ4v) is 4.29. The molecule has 1 N–H and O–H groups in total. The summed E-state index contributed by atoms with van der Waals surface area (Å²) in [7, 11) is -0.861. The second-order valence-electron chi connectivity index (χ2n) is 6.64. The summed E-state index contributed by atoms with van der Waals surface area (Å²) in [5.74, 6) is 1.10. The fourth-order valence-electron chi connectivity index (χ4n) is 3.20. The van der Waals surface area contributed by atoms with Crippen molar-refractivity contribution < 1.29 is 22.4 Å². The Hall–Kier alpha value is -3.53. The number of ether oxygens (including phenoxy) is 2. The van der Waals surface area contributed by atoms with Crippen molar-refractivity contribution in [3.8, 4) is 11.5 Å². The van der Waals surface area contributed by atoms with Gasteiger partial charge in [0.2, 0.25) is 0 Å². The van der Waals surface area contributed by atoms with E-state index in [2.05, 4.69) is 15.0 Å². The largest absolute Gasteiger partial charge is 0.496 e. The number of aromatic nitrogens is 3. The third kappa shape index (κ3) is 3.69. The molecule has 0 aliphatic heterocycles. The highest BCUT2D eigenvalue weighted by molar-refractivity contribution is 7.92. The van der Waals surface area contributed by atoms with Crippen LogP contribution in [-0.4, -0.2) is 37.6 Å². The standard InChI is InChI=1S/C20H20N4O5S/c1-13-9-15(5-6-16(13)27-2)30(25,26)23-20-19-17(28-3)10-14(11-18(19)29-22-20)12-24-8-4-7-21-24/h4-11H,12H2,1-3H3,(H,22,23). The molecule has 0 unspecified atom stereocenters. The normalized spacial score (nSPS) is 11.6. The molecule has 0 aliphatic carbocycles. The number of aryl methyl sites for hydroxylation is 1. The number of hydrogen-bond donors (Lipinski definition) is 1. The van der Waals surface area contributed by atoms with Gasteiger partial charge in [0, 0.05) is 12.4 Å². The molecule has 2 heterocycles. The molecule has 0 fully saturated rings. The van der Waals surface area contributed by atoms with Gasteiger partial charge in [-0.1, -0.05) is 5.16 Å². The lowest BCUT2D eigenvalue weighted by molar-refractivity contribution is 0.411. The van der Waals surface area contributed by atoms with E-state index in [1.54, 1.807) is 36.0 Å². The zero-order valence-corrected chi connectivity index (χ0v) is 17.4. The topological polar surface area (TPSA) is 108 Å². The Morgan fingerprint density at radius 1 is 1.13 bits per heavy atom. The van der Waals surface area contributed by atoms with Crippen LogP contribution in [0, 0.1) is 6.92 Å². The number of benzene rings is 2. The van der Waals surface area contributed by atoms with Gasteiger partial charge in [-0.15, -0.1) is 0 Å². The zero-order chi connectivity index (χ0) is 21.3. The third-order valence-electron chi connectivity index (χ3n) is 4.63. The van der Waals surface area contributed by atoms with Crippen LogP contribution in [-0.2, 0) is 16.6 Å². The molecule has 9 nitrogen and oxygen atoms in total. The van der Waals surface area contributed by atoms with E-state index in [-0.39, 0.29) is 10.7 Å². The number of sulfonamides is 1. The quantitative estimate of drug-likeness (QED) is 0.481. The van der Waals surface area contributed by atoms with Crippen LogP contribution in [0.3, 0.4) is 0 Å². The van der Waals surface area contributed by atoms with E-state index in [9.17, 15) is 8.42 Å². The fraction of sp³-hybridized carbons (Fsp3) is 0.200. The Balaban J connectivity index is 1.70. The van der Waals surface area contributed by atoms with Crippen molar-refractivity contribution in [3.05, 3.63) is 59.9 Å². The lowest BCUT2D eigenvalue weighted by Crippen LogP contribution is -2.13. The molecular formula is C20H20N4O5S. The first-order valence-corrected chi connectivity index (χ1v) is 10.5. The third-order valence-corrected chi connectivity index (χ3v) is 5.97. The maximum atomic E-state index is 12.9. The number of fused-ring (bicyclic) bond motifs is 1. The second kappa shape index (κ2) is 7.71. The van der Waals surface area contributed by atoms with Crippen LogP contribution in [0.25, 0.3) is 11.0 Å². The minimum Gasteiger partial charge on any atom is -0.496 e. The van der Waals surface area contributed by atoms with E-state index < -0.39 is 10.0 Å². The Morgan fingerprint density at radius 3 is 2.60 bits per heavy atom. The predicted molar refractivity (Wildman–Crippen MR) is 110 cm³/mol. The van der Waals surface area contributed by atoms with Gasteiger partial charge in [0.1, 0.15) is 16.9 Å². The molecule has 10 heteroatoms. The van der Waals surface area contributed by atoms with Crippen molar-refractivity contribution in [1.82, 2.24) is 14.9 Å². The predicted octanol–water partition coefficient (Wildman–Crippen LogP) is 3.20. The molecule has 0 spiro atoms. The summed E-state index contributed by atoms with van der Waals surface area (Å²) < 4.78 is 46.1. The average Bonchev–Trinajstić information content (AvgIpc) is 3.37. The van der Waals surface area contributed by atoms with E-state index >= 15 is 0 Å². The molecule has 0 amide bonds. The van der Waals surface area contributed by atoms with Crippen molar-refractivity contribution in [2.45, 2.75) is 18.4 Å². The molecule has 0 saturated heterocycles. The lowest BCUT2D eigenvalue weighted by Gasteiger charge is -2.10. The molecule has 2 aromatic carbocycles. The molecule has 0 radical (unpaired) electrons. The molecule has 0 bridgehead atoms. The summed E-state index contributed by atoms with van der Waals surface area (Å²) in [6, 6.07) is 10.0. The maximum Gasteiger partial charge on any atom is 0.263 e.